The molecule has 19 heteroatoms. The Balaban J connectivity index is 1.04. The number of benzene rings is 1. The van der Waals surface area contributed by atoms with Gasteiger partial charge >= 0.3 is 0 Å². The van der Waals surface area contributed by atoms with Crippen LogP contribution in [0.1, 0.15) is 29.7 Å². The van der Waals surface area contributed by atoms with Gasteiger partial charge in [0.05, 0.1) is 30.5 Å². The first-order valence-corrected chi connectivity index (χ1v) is 18.1. The third-order valence-electron chi connectivity index (χ3n) is 8.88. The monoisotopic (exact) mass is 742 g/mol. The number of anilines is 2. The molecule has 2 saturated heterocycles. The molecular formula is C31H32ClFN10O5S2. The number of carboxylic acids is 1. The van der Waals surface area contributed by atoms with Gasteiger partial charge in [0.15, 0.2) is 29.4 Å². The summed E-state index contributed by atoms with van der Waals surface area (Å²) in [6.45, 7) is 3.34. The summed E-state index contributed by atoms with van der Waals surface area (Å²) in [4.78, 5) is 50.8. The van der Waals surface area contributed by atoms with Gasteiger partial charge in [0.25, 0.3) is 11.8 Å². The Morgan fingerprint density at radius 2 is 2.08 bits per heavy atom. The number of β-lactam (4-membered cyclic amide) rings is 1. The molecule has 3 N–H and O–H groups in total. The number of nitrogens with two attached hydrogens (primary N) is 1. The van der Waals surface area contributed by atoms with Crippen molar-refractivity contribution in [1.82, 2.24) is 24.9 Å². The molecule has 2 fully saturated rings. The Kier molecular flexibility index (Phi) is 9.40. The average molecular weight is 743 g/mol. The highest BCUT2D eigenvalue weighted by atomic mass is 35.5. The van der Waals surface area contributed by atoms with Crippen LogP contribution in [0, 0.1) is 5.82 Å². The van der Waals surface area contributed by atoms with E-state index in [9.17, 15) is 19.5 Å². The summed E-state index contributed by atoms with van der Waals surface area (Å²) < 4.78 is 19.1. The topological polar surface area (TPSA) is 178 Å². The van der Waals surface area contributed by atoms with Gasteiger partial charge in [-0.1, -0.05) is 16.8 Å². The van der Waals surface area contributed by atoms with E-state index in [1.807, 2.05) is 31.5 Å². The molecular weight excluding hydrogens is 711 g/mol. The second kappa shape index (κ2) is 13.9. The highest BCUT2D eigenvalue weighted by Crippen LogP contribution is 2.40. The Morgan fingerprint density at radius 1 is 1.28 bits per heavy atom. The van der Waals surface area contributed by atoms with E-state index in [2.05, 4.69) is 20.6 Å². The van der Waals surface area contributed by atoms with Gasteiger partial charge in [0.2, 0.25) is 0 Å². The van der Waals surface area contributed by atoms with E-state index >= 15 is 4.39 Å². The van der Waals surface area contributed by atoms with Gasteiger partial charge in [-0.3, -0.25) is 19.5 Å². The molecule has 50 heavy (non-hydrogen) atoms. The lowest BCUT2D eigenvalue weighted by atomic mass is 10.0. The van der Waals surface area contributed by atoms with Crippen LogP contribution in [-0.4, -0.2) is 93.2 Å². The van der Waals surface area contributed by atoms with Crippen LogP contribution in [0.25, 0.3) is 0 Å². The van der Waals surface area contributed by atoms with E-state index in [1.165, 1.54) is 30.3 Å². The van der Waals surface area contributed by atoms with E-state index in [4.69, 9.17) is 22.2 Å². The molecule has 2 amide bonds. The molecule has 0 saturated carbocycles. The molecule has 7 rings (SSSR count). The number of amides is 2. The lowest BCUT2D eigenvalue weighted by molar-refractivity contribution is -0.766. The summed E-state index contributed by atoms with van der Waals surface area (Å²) in [6.07, 6.45) is 5.64. The van der Waals surface area contributed by atoms with Gasteiger partial charge in [-0.15, -0.1) is 32.5 Å². The standard InChI is InChI=1S/C31H32ClFN10O5S2/c1-48-38-24(22-16-50-31(34)36-22)27(44)37-25-28(45)43-26(30(46)47)18(15-49-29(25)43)13-41-7-4-23-39(8-9-42(23)41)14-19-20(32)10-17(11-21(19)33)12-35-40-5-2-3-6-40/h4,7,10-12,16,25,29H,2-3,5-6,8-9,13-15H2,1H3,(H3-,34,36,37,44,46,47)/b35-12?,38-24-/t25-,29-/m1/s1. The lowest BCUT2D eigenvalue weighted by Crippen LogP contribution is -2.71. The number of carboxylic acid groups (broad SMARTS) is 1. The number of aromatic nitrogens is 3. The quantitative estimate of drug-likeness (QED) is 0.122. The molecule has 1 aromatic carbocycles. The maximum Gasteiger partial charge on any atom is 0.276 e. The summed E-state index contributed by atoms with van der Waals surface area (Å²) in [5.74, 6) is -2.12. The van der Waals surface area contributed by atoms with Gasteiger partial charge in [-0.2, -0.15) is 5.10 Å². The zero-order valence-corrected chi connectivity index (χ0v) is 29.1. The third-order valence-corrected chi connectivity index (χ3v) is 11.2. The molecule has 15 nitrogen and oxygen atoms in total. The van der Waals surface area contributed by atoms with E-state index in [-0.39, 0.29) is 41.1 Å². The van der Waals surface area contributed by atoms with Crippen LogP contribution in [0.15, 0.2) is 51.3 Å². The smallest absolute Gasteiger partial charge is 0.276 e. The van der Waals surface area contributed by atoms with Crippen molar-refractivity contribution in [2.75, 3.05) is 43.1 Å². The van der Waals surface area contributed by atoms with Crippen molar-refractivity contribution in [2.45, 2.75) is 43.9 Å². The molecule has 2 atom stereocenters. The van der Waals surface area contributed by atoms with Crippen molar-refractivity contribution in [3.05, 3.63) is 68.7 Å². The number of nitrogen functional groups attached to an aromatic ring is 1. The van der Waals surface area contributed by atoms with Crippen molar-refractivity contribution >= 4 is 75.4 Å². The number of thioether (sulfide) groups is 1. The molecule has 0 spiro atoms. The number of carbonyl (C=O) groups is 3. The lowest BCUT2D eigenvalue weighted by Gasteiger charge is -2.50. The minimum absolute atomic E-state index is 0.166. The van der Waals surface area contributed by atoms with Crippen LogP contribution < -0.4 is 25.7 Å². The van der Waals surface area contributed by atoms with E-state index in [0.717, 1.165) is 48.0 Å². The first-order chi connectivity index (χ1) is 24.1. The number of thiazole rings is 1. The van der Waals surface area contributed by atoms with E-state index < -0.39 is 35.0 Å². The molecule has 0 radical (unpaired) electrons. The second-order valence-electron chi connectivity index (χ2n) is 12.0. The van der Waals surface area contributed by atoms with Crippen molar-refractivity contribution in [3.63, 3.8) is 0 Å². The zero-order chi connectivity index (χ0) is 35.1. The van der Waals surface area contributed by atoms with Crippen molar-refractivity contribution < 1.29 is 33.4 Å². The van der Waals surface area contributed by atoms with E-state index in [0.29, 0.717) is 34.8 Å². The highest BCUT2D eigenvalue weighted by Gasteiger charge is 2.53. The minimum atomic E-state index is -1.49. The fraction of sp³-hybridized carbons (Fsp3) is 0.387. The Hall–Kier alpha value is -4.68. The fourth-order valence-corrected chi connectivity index (χ4v) is 8.64. The normalized spacial score (nSPS) is 20.4. The molecule has 0 unspecified atom stereocenters. The average Bonchev–Trinajstić information content (AvgIpc) is 3.91. The Morgan fingerprint density at radius 3 is 2.78 bits per heavy atom. The maximum absolute atomic E-state index is 15.3. The number of halogens is 2. The van der Waals surface area contributed by atoms with Crippen LogP contribution in [0.2, 0.25) is 5.02 Å². The largest absolute Gasteiger partial charge is 0.543 e. The number of nitrogens with one attached hydrogen (secondary N) is 1. The number of oxime groups is 1. The second-order valence-corrected chi connectivity index (χ2v) is 14.4. The number of nitrogens with zero attached hydrogens (tertiary/aromatic N) is 8. The molecule has 262 valence electrons. The Labute approximate surface area is 298 Å². The molecule has 4 aliphatic heterocycles. The van der Waals surface area contributed by atoms with Crippen molar-refractivity contribution in [3.8, 4) is 0 Å². The fourth-order valence-electron chi connectivity index (χ4n) is 6.48. The zero-order valence-electron chi connectivity index (χ0n) is 26.8. The maximum atomic E-state index is 15.3. The van der Waals surface area contributed by atoms with Crippen LogP contribution in [0.5, 0.6) is 0 Å². The number of hydrazone groups is 1. The van der Waals surface area contributed by atoms with Gasteiger partial charge in [0, 0.05) is 53.5 Å². The number of carbonyl (C=O) groups excluding carboxylic acids is 3. The van der Waals surface area contributed by atoms with Gasteiger partial charge < -0.3 is 30.7 Å². The van der Waals surface area contributed by atoms with Gasteiger partial charge in [0.1, 0.15) is 30.0 Å². The SMILES string of the molecule is CO/N=C(\C(=O)N[C@@H]1C(=O)N2C(C(=O)[O-])=C(C[n+]3ccc4n3CCN4Cc3c(F)cc(C=NN4CCCC4)cc3Cl)CS[C@H]12)c1csc(N)n1. The highest BCUT2D eigenvalue weighted by molar-refractivity contribution is 8.00. The predicted octanol–water partition coefficient (Wildman–Crippen LogP) is 0.511. The summed E-state index contributed by atoms with van der Waals surface area (Å²) in [5.41, 5.74) is 6.94. The van der Waals surface area contributed by atoms with Crippen LogP contribution in [-0.2, 0) is 38.9 Å². The van der Waals surface area contributed by atoms with Crippen molar-refractivity contribution in [1.29, 1.82) is 0 Å². The van der Waals surface area contributed by atoms with Crippen LogP contribution in [0.4, 0.5) is 15.3 Å². The summed E-state index contributed by atoms with van der Waals surface area (Å²) in [6, 6.07) is 4.03. The summed E-state index contributed by atoms with van der Waals surface area (Å²) in [5, 5.41) is 26.6. The van der Waals surface area contributed by atoms with Crippen LogP contribution >= 0.6 is 34.7 Å². The number of hydrogen-bond donors (Lipinski definition) is 2. The molecule has 4 aliphatic rings. The van der Waals surface area contributed by atoms with Crippen LogP contribution in [0.3, 0.4) is 0 Å². The summed E-state index contributed by atoms with van der Waals surface area (Å²) >= 11 is 9.00. The first kappa shape index (κ1) is 33.8. The number of rotatable bonds is 11. The first-order valence-electron chi connectivity index (χ1n) is 15.8. The third kappa shape index (κ3) is 6.37. The Bertz CT molecular complexity index is 1940. The number of aliphatic carboxylic acids is 1. The molecule has 3 aromatic rings. The molecule has 0 bridgehead atoms. The molecule has 6 heterocycles. The van der Waals surface area contributed by atoms with Gasteiger partial charge in [-0.05, 0) is 30.5 Å². The molecule has 0 aliphatic carbocycles. The number of fused-ring (bicyclic) bond motifs is 2. The molecule has 2 aromatic heterocycles. The summed E-state index contributed by atoms with van der Waals surface area (Å²) in [7, 11) is 1.27. The minimum Gasteiger partial charge on any atom is -0.543 e. The van der Waals surface area contributed by atoms with E-state index in [1.54, 1.807) is 12.3 Å². The van der Waals surface area contributed by atoms with Gasteiger partial charge in [-0.25, -0.2) is 9.37 Å². The predicted molar refractivity (Wildman–Crippen MR) is 183 cm³/mol. The number of hydrogen-bond acceptors (Lipinski definition) is 13. The van der Waals surface area contributed by atoms with Crippen molar-refractivity contribution in [2.24, 2.45) is 10.3 Å².